The Hall–Kier alpha value is -2.12. The molecule has 0 aliphatic rings. The van der Waals surface area contributed by atoms with Crippen molar-refractivity contribution in [1.29, 1.82) is 5.26 Å². The van der Waals surface area contributed by atoms with Gasteiger partial charge in [0.2, 0.25) is 0 Å². The standard InChI is InChI=1S/C14H16N4/c1-11-5-12(6-15)3-4-13(11)8-18-9-14(7-16-2)17-10-18/h3-5,9-10,16H,7-8H2,1-2H3. The van der Waals surface area contributed by atoms with E-state index in [1.807, 2.05) is 44.7 Å². The average molecular weight is 240 g/mol. The van der Waals surface area contributed by atoms with Crippen molar-refractivity contribution >= 4 is 0 Å². The Balaban J connectivity index is 2.15. The van der Waals surface area contributed by atoms with Crippen LogP contribution in [0.1, 0.15) is 22.4 Å². The fourth-order valence-electron chi connectivity index (χ4n) is 1.90. The maximum atomic E-state index is 8.83. The largest absolute Gasteiger partial charge is 0.333 e. The Morgan fingerprint density at radius 2 is 2.28 bits per heavy atom. The van der Waals surface area contributed by atoms with E-state index in [0.717, 1.165) is 24.3 Å². The lowest BCUT2D eigenvalue weighted by atomic mass is 10.1. The molecule has 0 aliphatic carbocycles. The van der Waals surface area contributed by atoms with Crippen LogP contribution in [0.4, 0.5) is 0 Å². The molecule has 92 valence electrons. The number of nitriles is 1. The SMILES string of the molecule is CNCc1cn(Cc2ccc(C#N)cc2C)cn1. The van der Waals surface area contributed by atoms with Crippen molar-refractivity contribution in [3.05, 3.63) is 53.1 Å². The molecule has 0 radical (unpaired) electrons. The number of imidazole rings is 1. The summed E-state index contributed by atoms with van der Waals surface area (Å²) in [6.07, 6.45) is 3.87. The molecule has 0 saturated carbocycles. The summed E-state index contributed by atoms with van der Waals surface area (Å²) in [6, 6.07) is 7.93. The van der Waals surface area contributed by atoms with Gasteiger partial charge in [0.25, 0.3) is 0 Å². The lowest BCUT2D eigenvalue weighted by Gasteiger charge is -2.06. The van der Waals surface area contributed by atoms with Gasteiger partial charge in [-0.15, -0.1) is 0 Å². The van der Waals surface area contributed by atoms with Crippen LogP contribution >= 0.6 is 0 Å². The highest BCUT2D eigenvalue weighted by molar-refractivity contribution is 5.37. The predicted octanol–water partition coefficient (Wildman–Crippen LogP) is 1.83. The van der Waals surface area contributed by atoms with Crippen molar-refractivity contribution in [2.75, 3.05) is 7.05 Å². The van der Waals surface area contributed by atoms with E-state index in [2.05, 4.69) is 20.9 Å². The summed E-state index contributed by atoms with van der Waals surface area (Å²) < 4.78 is 2.06. The van der Waals surface area contributed by atoms with E-state index >= 15 is 0 Å². The van der Waals surface area contributed by atoms with Crippen LogP contribution in [0.5, 0.6) is 0 Å². The van der Waals surface area contributed by atoms with Crippen LogP contribution in [-0.4, -0.2) is 16.6 Å². The third-order valence-electron chi connectivity index (χ3n) is 2.87. The maximum Gasteiger partial charge on any atom is 0.0991 e. The molecule has 4 heteroatoms. The molecule has 0 unspecified atom stereocenters. The summed E-state index contributed by atoms with van der Waals surface area (Å²) in [4.78, 5) is 4.31. The second-order valence-electron chi connectivity index (χ2n) is 4.32. The molecule has 1 heterocycles. The van der Waals surface area contributed by atoms with Crippen LogP contribution in [0.3, 0.4) is 0 Å². The summed E-state index contributed by atoms with van der Waals surface area (Å²) in [5.41, 5.74) is 4.09. The highest BCUT2D eigenvalue weighted by Gasteiger charge is 2.02. The van der Waals surface area contributed by atoms with E-state index in [1.165, 1.54) is 5.56 Å². The van der Waals surface area contributed by atoms with Gasteiger partial charge < -0.3 is 9.88 Å². The van der Waals surface area contributed by atoms with Gasteiger partial charge in [0, 0.05) is 19.3 Å². The van der Waals surface area contributed by atoms with E-state index in [9.17, 15) is 0 Å². The molecule has 0 amide bonds. The molecule has 0 spiro atoms. The molecule has 1 N–H and O–H groups in total. The van der Waals surface area contributed by atoms with E-state index < -0.39 is 0 Å². The second-order valence-corrected chi connectivity index (χ2v) is 4.32. The minimum absolute atomic E-state index is 0.706. The monoisotopic (exact) mass is 240 g/mol. The van der Waals surface area contributed by atoms with Crippen molar-refractivity contribution in [3.8, 4) is 6.07 Å². The van der Waals surface area contributed by atoms with Crippen molar-refractivity contribution in [2.24, 2.45) is 0 Å². The Morgan fingerprint density at radius 3 is 2.94 bits per heavy atom. The van der Waals surface area contributed by atoms with Crippen LogP contribution in [0.2, 0.25) is 0 Å². The summed E-state index contributed by atoms with van der Waals surface area (Å²) in [5, 5.41) is 11.9. The van der Waals surface area contributed by atoms with Gasteiger partial charge in [-0.1, -0.05) is 6.07 Å². The van der Waals surface area contributed by atoms with Gasteiger partial charge in [0.1, 0.15) is 0 Å². The van der Waals surface area contributed by atoms with E-state index in [-0.39, 0.29) is 0 Å². The van der Waals surface area contributed by atoms with Crippen molar-refractivity contribution in [1.82, 2.24) is 14.9 Å². The smallest absolute Gasteiger partial charge is 0.0991 e. The van der Waals surface area contributed by atoms with Crippen LogP contribution in [-0.2, 0) is 13.1 Å². The van der Waals surface area contributed by atoms with Gasteiger partial charge in [-0.3, -0.25) is 0 Å². The van der Waals surface area contributed by atoms with Gasteiger partial charge in [-0.25, -0.2) is 4.98 Å². The number of aromatic nitrogens is 2. The highest BCUT2D eigenvalue weighted by Crippen LogP contribution is 2.12. The summed E-state index contributed by atoms with van der Waals surface area (Å²) >= 11 is 0. The van der Waals surface area contributed by atoms with Gasteiger partial charge in [0.05, 0.1) is 23.7 Å². The molecule has 0 aliphatic heterocycles. The number of nitrogens with one attached hydrogen (secondary N) is 1. The molecule has 0 fully saturated rings. The summed E-state index contributed by atoms with van der Waals surface area (Å²) in [5.74, 6) is 0. The van der Waals surface area contributed by atoms with Crippen LogP contribution in [0, 0.1) is 18.3 Å². The van der Waals surface area contributed by atoms with Crippen molar-refractivity contribution < 1.29 is 0 Å². The van der Waals surface area contributed by atoms with E-state index in [4.69, 9.17) is 5.26 Å². The van der Waals surface area contributed by atoms with E-state index in [1.54, 1.807) is 0 Å². The molecular weight excluding hydrogens is 224 g/mol. The number of aryl methyl sites for hydroxylation is 1. The third kappa shape index (κ3) is 2.76. The Kier molecular flexibility index (Phi) is 3.75. The van der Waals surface area contributed by atoms with Gasteiger partial charge in [-0.2, -0.15) is 5.26 Å². The molecule has 4 nitrogen and oxygen atoms in total. The van der Waals surface area contributed by atoms with Crippen molar-refractivity contribution in [2.45, 2.75) is 20.0 Å². The highest BCUT2D eigenvalue weighted by atomic mass is 15.0. The summed E-state index contributed by atoms with van der Waals surface area (Å²) in [7, 11) is 1.91. The molecule has 0 atom stereocenters. The zero-order valence-electron chi connectivity index (χ0n) is 10.6. The Labute approximate surface area is 107 Å². The second kappa shape index (κ2) is 5.48. The first-order chi connectivity index (χ1) is 8.72. The molecule has 0 bridgehead atoms. The first-order valence-corrected chi connectivity index (χ1v) is 5.88. The normalized spacial score (nSPS) is 10.3. The first kappa shape index (κ1) is 12.3. The maximum absolute atomic E-state index is 8.83. The van der Waals surface area contributed by atoms with Crippen LogP contribution in [0.25, 0.3) is 0 Å². The third-order valence-corrected chi connectivity index (χ3v) is 2.87. The van der Waals surface area contributed by atoms with E-state index in [0.29, 0.717) is 5.56 Å². The quantitative estimate of drug-likeness (QED) is 0.887. The van der Waals surface area contributed by atoms with Crippen LogP contribution in [0.15, 0.2) is 30.7 Å². The van der Waals surface area contributed by atoms with Crippen LogP contribution < -0.4 is 5.32 Å². The fraction of sp³-hybridized carbons (Fsp3) is 0.286. The lowest BCUT2D eigenvalue weighted by molar-refractivity contribution is 0.779. The Morgan fingerprint density at radius 1 is 1.44 bits per heavy atom. The first-order valence-electron chi connectivity index (χ1n) is 5.88. The number of benzene rings is 1. The lowest BCUT2D eigenvalue weighted by Crippen LogP contribution is -2.05. The molecule has 2 aromatic rings. The van der Waals surface area contributed by atoms with Crippen molar-refractivity contribution in [3.63, 3.8) is 0 Å². The van der Waals surface area contributed by atoms with Gasteiger partial charge >= 0.3 is 0 Å². The Bertz CT molecular complexity index is 578. The molecule has 0 saturated heterocycles. The zero-order valence-corrected chi connectivity index (χ0v) is 10.6. The molecule has 2 rings (SSSR count). The fourth-order valence-corrected chi connectivity index (χ4v) is 1.90. The minimum Gasteiger partial charge on any atom is -0.333 e. The molecule has 18 heavy (non-hydrogen) atoms. The number of nitrogens with zero attached hydrogens (tertiary/aromatic N) is 3. The topological polar surface area (TPSA) is 53.6 Å². The van der Waals surface area contributed by atoms with Gasteiger partial charge in [-0.05, 0) is 37.2 Å². The molecule has 1 aromatic carbocycles. The number of hydrogen-bond acceptors (Lipinski definition) is 3. The molecule has 1 aromatic heterocycles. The van der Waals surface area contributed by atoms with Gasteiger partial charge in [0.15, 0.2) is 0 Å². The average Bonchev–Trinajstić information content (AvgIpc) is 2.80. The number of rotatable bonds is 4. The number of hydrogen-bond donors (Lipinski definition) is 1. The predicted molar refractivity (Wildman–Crippen MR) is 70.0 cm³/mol. The molecular formula is C14H16N4. The zero-order chi connectivity index (χ0) is 13.0. The summed E-state index contributed by atoms with van der Waals surface area (Å²) in [6.45, 7) is 3.59. The minimum atomic E-state index is 0.706.